The quantitative estimate of drug-likeness (QED) is 0.731. The molecule has 0 aromatic carbocycles. The minimum absolute atomic E-state index is 0.185. The van der Waals surface area contributed by atoms with E-state index in [0.717, 1.165) is 58.5 Å². The van der Waals surface area contributed by atoms with E-state index in [2.05, 4.69) is 35.6 Å². The number of rotatable bonds is 6. The van der Waals surface area contributed by atoms with Crippen molar-refractivity contribution >= 4 is 17.8 Å². The van der Waals surface area contributed by atoms with Crippen molar-refractivity contribution in [3.63, 3.8) is 0 Å². The van der Waals surface area contributed by atoms with E-state index in [-0.39, 0.29) is 5.91 Å². The molecule has 2 N–H and O–H groups in total. The smallest absolute Gasteiger partial charge is 0.257 e. The molecule has 28 heavy (non-hydrogen) atoms. The molecular weight excluding hydrogens is 358 g/mol. The molecule has 0 bridgehead atoms. The lowest BCUT2D eigenvalue weighted by atomic mass is 10.3. The molecule has 0 saturated carbocycles. The summed E-state index contributed by atoms with van der Waals surface area (Å²) in [5.41, 5.74) is 0. The fourth-order valence-electron chi connectivity index (χ4n) is 3.52. The van der Waals surface area contributed by atoms with Gasteiger partial charge in [-0.3, -0.25) is 4.79 Å². The fourth-order valence-corrected chi connectivity index (χ4v) is 3.52. The number of aromatic nitrogens is 5. The van der Waals surface area contributed by atoms with Crippen LogP contribution in [0.4, 0.5) is 11.9 Å². The van der Waals surface area contributed by atoms with Gasteiger partial charge in [0, 0.05) is 58.1 Å². The monoisotopic (exact) mass is 385 g/mol. The Bertz CT molecular complexity index is 765. The van der Waals surface area contributed by atoms with Gasteiger partial charge in [-0.05, 0) is 31.9 Å². The molecule has 150 valence electrons. The molecule has 2 aliphatic rings. The molecule has 0 unspecified atom stereocenters. The number of nitrogens with zero attached hydrogens (tertiary/aromatic N) is 7. The molecule has 0 radical (unpaired) electrons. The zero-order chi connectivity index (χ0) is 19.2. The Labute approximate surface area is 164 Å². The molecule has 1 amide bonds. The average Bonchev–Trinajstić information content (AvgIpc) is 3.38. The van der Waals surface area contributed by atoms with Crippen molar-refractivity contribution < 1.29 is 4.79 Å². The van der Waals surface area contributed by atoms with Crippen molar-refractivity contribution in [2.75, 3.05) is 56.0 Å². The second-order valence-electron chi connectivity index (χ2n) is 7.06. The largest absolute Gasteiger partial charge is 0.354 e. The highest BCUT2D eigenvalue weighted by molar-refractivity contribution is 5.76. The van der Waals surface area contributed by atoms with Crippen molar-refractivity contribution in [3.8, 4) is 5.95 Å². The highest BCUT2D eigenvalue weighted by Crippen LogP contribution is 2.15. The average molecular weight is 385 g/mol. The van der Waals surface area contributed by atoms with Crippen LogP contribution in [0, 0.1) is 0 Å². The van der Waals surface area contributed by atoms with Crippen molar-refractivity contribution in [3.05, 3.63) is 18.5 Å². The van der Waals surface area contributed by atoms with Crippen molar-refractivity contribution in [1.29, 1.82) is 0 Å². The Hall–Kier alpha value is -2.75. The van der Waals surface area contributed by atoms with Crippen LogP contribution in [0.5, 0.6) is 0 Å². The zero-order valence-corrected chi connectivity index (χ0v) is 16.0. The third kappa shape index (κ3) is 4.56. The molecule has 0 spiro atoms. The molecule has 2 fully saturated rings. The van der Waals surface area contributed by atoms with Crippen molar-refractivity contribution in [2.24, 2.45) is 0 Å². The summed E-state index contributed by atoms with van der Waals surface area (Å²) in [5.74, 6) is 1.77. The van der Waals surface area contributed by atoms with Gasteiger partial charge in [0.2, 0.25) is 17.8 Å². The standard InChI is InChI=1S/C18H27N9O/c28-15(25-10-1-2-11-25)5-8-20-16-22-17(26-12-3-6-19-9-14-26)24-18(23-16)27-13-4-7-21-27/h4,7,13,19H,1-3,5-6,8-12,14H2,(H,20,22,23,24). The summed E-state index contributed by atoms with van der Waals surface area (Å²) in [5, 5.41) is 10.8. The first-order chi connectivity index (χ1) is 13.8. The Kier molecular flexibility index (Phi) is 5.95. The first-order valence-corrected chi connectivity index (χ1v) is 10.0. The second kappa shape index (κ2) is 8.96. The van der Waals surface area contributed by atoms with E-state index in [0.29, 0.717) is 30.8 Å². The van der Waals surface area contributed by atoms with Gasteiger partial charge < -0.3 is 20.4 Å². The number of hydrogen-bond donors (Lipinski definition) is 2. The van der Waals surface area contributed by atoms with Crippen molar-refractivity contribution in [2.45, 2.75) is 25.7 Å². The lowest BCUT2D eigenvalue weighted by Gasteiger charge is -2.21. The summed E-state index contributed by atoms with van der Waals surface area (Å²) in [4.78, 5) is 30.0. The maximum Gasteiger partial charge on any atom is 0.257 e. The first-order valence-electron chi connectivity index (χ1n) is 10.0. The van der Waals surface area contributed by atoms with Crippen LogP contribution in [0.2, 0.25) is 0 Å². The predicted octanol–water partition coefficient (Wildman–Crippen LogP) is 0.281. The molecule has 10 heteroatoms. The maximum absolute atomic E-state index is 12.2. The lowest BCUT2D eigenvalue weighted by molar-refractivity contribution is -0.129. The van der Waals surface area contributed by atoms with Gasteiger partial charge >= 0.3 is 0 Å². The Morgan fingerprint density at radius 1 is 1.04 bits per heavy atom. The van der Waals surface area contributed by atoms with E-state index >= 15 is 0 Å². The van der Waals surface area contributed by atoms with E-state index < -0.39 is 0 Å². The zero-order valence-electron chi connectivity index (χ0n) is 16.0. The summed E-state index contributed by atoms with van der Waals surface area (Å²) in [6.07, 6.45) is 7.19. The second-order valence-corrected chi connectivity index (χ2v) is 7.06. The number of likely N-dealkylation sites (tertiary alicyclic amines) is 1. The molecule has 0 atom stereocenters. The van der Waals surface area contributed by atoms with Gasteiger partial charge in [0.1, 0.15) is 0 Å². The number of amides is 1. The normalized spacial score (nSPS) is 17.6. The van der Waals surface area contributed by atoms with Crippen LogP contribution in [0.1, 0.15) is 25.7 Å². The van der Waals surface area contributed by atoms with Gasteiger partial charge in [-0.25, -0.2) is 4.68 Å². The van der Waals surface area contributed by atoms with Gasteiger partial charge in [0.05, 0.1) is 0 Å². The van der Waals surface area contributed by atoms with Crippen LogP contribution in [-0.4, -0.2) is 81.4 Å². The fraction of sp³-hybridized carbons (Fsp3) is 0.611. The molecule has 4 rings (SSSR count). The van der Waals surface area contributed by atoms with Gasteiger partial charge in [-0.15, -0.1) is 0 Å². The maximum atomic E-state index is 12.2. The van der Waals surface area contributed by atoms with Gasteiger partial charge in [0.25, 0.3) is 5.95 Å². The van der Waals surface area contributed by atoms with Crippen LogP contribution in [-0.2, 0) is 4.79 Å². The lowest BCUT2D eigenvalue weighted by Crippen LogP contribution is -2.31. The topological polar surface area (TPSA) is 104 Å². The third-order valence-corrected chi connectivity index (χ3v) is 5.02. The summed E-state index contributed by atoms with van der Waals surface area (Å²) in [6.45, 7) is 5.88. The number of hydrogen-bond acceptors (Lipinski definition) is 8. The predicted molar refractivity (Wildman–Crippen MR) is 106 cm³/mol. The number of nitrogens with one attached hydrogen (secondary N) is 2. The van der Waals surface area contributed by atoms with Crippen LogP contribution < -0.4 is 15.5 Å². The van der Waals surface area contributed by atoms with E-state index in [9.17, 15) is 4.79 Å². The van der Waals surface area contributed by atoms with Crippen molar-refractivity contribution in [1.82, 2.24) is 34.9 Å². The Morgan fingerprint density at radius 3 is 2.71 bits per heavy atom. The van der Waals surface area contributed by atoms with E-state index in [1.807, 2.05) is 17.2 Å². The summed E-state index contributed by atoms with van der Waals surface area (Å²) in [6, 6.07) is 1.83. The Morgan fingerprint density at radius 2 is 1.89 bits per heavy atom. The third-order valence-electron chi connectivity index (χ3n) is 5.02. The molecule has 0 aliphatic carbocycles. The van der Waals surface area contributed by atoms with E-state index in [1.165, 1.54) is 0 Å². The molecular formula is C18H27N9O. The van der Waals surface area contributed by atoms with Gasteiger partial charge in [0.15, 0.2) is 0 Å². The molecule has 2 aliphatic heterocycles. The van der Waals surface area contributed by atoms with Crippen LogP contribution in [0.15, 0.2) is 18.5 Å². The highest BCUT2D eigenvalue weighted by Gasteiger charge is 2.19. The van der Waals surface area contributed by atoms with Gasteiger partial charge in [-0.2, -0.15) is 20.1 Å². The molecule has 2 aromatic heterocycles. The summed E-state index contributed by atoms with van der Waals surface area (Å²) >= 11 is 0. The van der Waals surface area contributed by atoms with Crippen LogP contribution >= 0.6 is 0 Å². The number of carbonyl (C=O) groups is 1. The summed E-state index contributed by atoms with van der Waals surface area (Å²) in [7, 11) is 0. The molecule has 2 saturated heterocycles. The molecule has 2 aromatic rings. The van der Waals surface area contributed by atoms with Crippen LogP contribution in [0.3, 0.4) is 0 Å². The minimum Gasteiger partial charge on any atom is -0.354 e. The Balaban J connectivity index is 1.47. The van der Waals surface area contributed by atoms with Crippen LogP contribution in [0.25, 0.3) is 5.95 Å². The van der Waals surface area contributed by atoms with Gasteiger partial charge in [-0.1, -0.05) is 0 Å². The number of carbonyl (C=O) groups excluding carboxylic acids is 1. The summed E-state index contributed by atoms with van der Waals surface area (Å²) < 4.78 is 1.63. The minimum atomic E-state index is 0.185. The highest BCUT2D eigenvalue weighted by atomic mass is 16.2. The molecule has 10 nitrogen and oxygen atoms in total. The first kappa shape index (κ1) is 18.6. The van der Waals surface area contributed by atoms with E-state index in [4.69, 9.17) is 0 Å². The van der Waals surface area contributed by atoms with E-state index in [1.54, 1.807) is 10.9 Å². The number of anilines is 2. The molecule has 4 heterocycles. The SMILES string of the molecule is O=C(CCNc1nc(N2CCCNCC2)nc(-n2cccn2)n1)N1CCCC1.